The monoisotopic (exact) mass is 409 g/mol. The van der Waals surface area contributed by atoms with Gasteiger partial charge in [-0.1, -0.05) is 38.1 Å². The minimum absolute atomic E-state index is 0.220. The van der Waals surface area contributed by atoms with Gasteiger partial charge >= 0.3 is 0 Å². The van der Waals surface area contributed by atoms with Crippen LogP contribution in [-0.4, -0.2) is 23.4 Å². The van der Waals surface area contributed by atoms with Crippen molar-refractivity contribution in [3.05, 3.63) is 58.7 Å². The molecule has 5 nitrogen and oxygen atoms in total. The van der Waals surface area contributed by atoms with Gasteiger partial charge < -0.3 is 14.7 Å². The number of carbonyl (C=O) groups is 2. The van der Waals surface area contributed by atoms with E-state index in [1.165, 1.54) is 6.92 Å². The molecule has 1 unspecified atom stereocenters. The highest BCUT2D eigenvalue weighted by molar-refractivity contribution is 6.09. The van der Waals surface area contributed by atoms with E-state index in [0.717, 1.165) is 28.9 Å². The summed E-state index contributed by atoms with van der Waals surface area (Å²) in [5.41, 5.74) is 2.09. The molecule has 0 aromatic heterocycles. The number of ether oxygens (including phenoxy) is 1. The molecule has 0 radical (unpaired) electrons. The molecule has 0 bridgehead atoms. The first-order valence-electron chi connectivity index (χ1n) is 10.5. The number of aryl methyl sites for hydroxylation is 2. The first-order chi connectivity index (χ1) is 14.1. The number of aliphatic hydroxyl groups is 1. The van der Waals surface area contributed by atoms with Crippen LogP contribution in [0.2, 0.25) is 0 Å². The third-order valence-corrected chi connectivity index (χ3v) is 5.60. The maximum atomic E-state index is 13.3. The number of nitrogens with zero attached hydrogens (tertiary/aromatic N) is 1. The van der Waals surface area contributed by atoms with Crippen LogP contribution >= 0.6 is 0 Å². The summed E-state index contributed by atoms with van der Waals surface area (Å²) < 4.78 is 5.77. The Labute approximate surface area is 178 Å². The van der Waals surface area contributed by atoms with Gasteiger partial charge in [0.05, 0.1) is 18.8 Å². The number of rotatable bonds is 8. The average molecular weight is 410 g/mol. The fourth-order valence-corrected chi connectivity index (χ4v) is 4.06. The second-order valence-corrected chi connectivity index (χ2v) is 8.73. The van der Waals surface area contributed by atoms with Crippen molar-refractivity contribution in [3.8, 4) is 5.75 Å². The van der Waals surface area contributed by atoms with Crippen molar-refractivity contribution in [2.75, 3.05) is 11.5 Å². The van der Waals surface area contributed by atoms with Gasteiger partial charge in [-0.25, -0.2) is 0 Å². The molecular formula is C25H31NO4. The first-order valence-corrected chi connectivity index (χ1v) is 10.5. The highest BCUT2D eigenvalue weighted by atomic mass is 16.5. The summed E-state index contributed by atoms with van der Waals surface area (Å²) >= 11 is 0. The zero-order chi connectivity index (χ0) is 22.1. The maximum Gasteiger partial charge on any atom is 0.264 e. The Hall–Kier alpha value is -2.66. The number of carbonyl (C=O) groups excluding carboxylic acids is 2. The van der Waals surface area contributed by atoms with Gasteiger partial charge in [-0.05, 0) is 61.9 Å². The molecule has 1 heterocycles. The van der Waals surface area contributed by atoms with Crippen LogP contribution < -0.4 is 9.64 Å². The Morgan fingerprint density at radius 2 is 1.73 bits per heavy atom. The number of ketones is 1. The molecule has 160 valence electrons. The summed E-state index contributed by atoms with van der Waals surface area (Å²) in [5, 5.41) is 11.3. The summed E-state index contributed by atoms with van der Waals surface area (Å²) in [6, 6.07) is 11.5. The van der Waals surface area contributed by atoms with Crippen LogP contribution in [0.3, 0.4) is 0 Å². The van der Waals surface area contributed by atoms with E-state index in [0.29, 0.717) is 30.3 Å². The maximum absolute atomic E-state index is 13.3. The predicted octanol–water partition coefficient (Wildman–Crippen LogP) is 4.44. The highest BCUT2D eigenvalue weighted by Gasteiger charge is 2.51. The van der Waals surface area contributed by atoms with E-state index in [1.807, 2.05) is 50.2 Å². The summed E-state index contributed by atoms with van der Waals surface area (Å²) in [4.78, 5) is 26.7. The molecule has 1 N–H and O–H groups in total. The lowest BCUT2D eigenvalue weighted by Crippen LogP contribution is -2.41. The van der Waals surface area contributed by atoms with Crippen molar-refractivity contribution in [1.29, 1.82) is 0 Å². The normalized spacial score (nSPS) is 18.1. The number of benzene rings is 2. The van der Waals surface area contributed by atoms with E-state index in [-0.39, 0.29) is 12.2 Å². The third kappa shape index (κ3) is 4.26. The number of hydrogen-bond acceptors (Lipinski definition) is 4. The molecule has 1 aliphatic heterocycles. The molecule has 1 atom stereocenters. The Morgan fingerprint density at radius 1 is 1.10 bits per heavy atom. The van der Waals surface area contributed by atoms with Crippen molar-refractivity contribution >= 4 is 17.4 Å². The molecule has 2 aromatic rings. The van der Waals surface area contributed by atoms with E-state index >= 15 is 0 Å². The smallest absolute Gasteiger partial charge is 0.264 e. The molecule has 0 fully saturated rings. The molecule has 0 aliphatic carbocycles. The second-order valence-electron chi connectivity index (χ2n) is 8.73. The van der Waals surface area contributed by atoms with Crippen molar-refractivity contribution in [2.24, 2.45) is 5.92 Å². The molecule has 2 aromatic carbocycles. The van der Waals surface area contributed by atoms with Crippen molar-refractivity contribution in [3.63, 3.8) is 0 Å². The van der Waals surface area contributed by atoms with E-state index in [2.05, 4.69) is 13.8 Å². The molecule has 30 heavy (non-hydrogen) atoms. The SMILES string of the molecule is CC(=O)CC1(O)C(=O)N(Cc2ccc(OCCC(C)C)cc2)c2c(C)ccc(C)c21. The summed E-state index contributed by atoms with van der Waals surface area (Å²) in [6.07, 6.45) is 0.774. The van der Waals surface area contributed by atoms with Gasteiger partial charge in [0.15, 0.2) is 5.60 Å². The standard InChI is InChI=1S/C25H31NO4/c1-16(2)12-13-30-21-10-8-20(9-11-21)15-26-23-18(4)7-6-17(3)22(23)25(29,24(26)28)14-19(5)27/h6-11,16,29H,12-15H2,1-5H3. The Morgan fingerprint density at radius 3 is 2.33 bits per heavy atom. The van der Waals surface area contributed by atoms with E-state index < -0.39 is 11.5 Å². The third-order valence-electron chi connectivity index (χ3n) is 5.60. The zero-order valence-corrected chi connectivity index (χ0v) is 18.5. The van der Waals surface area contributed by atoms with Crippen molar-refractivity contribution in [1.82, 2.24) is 0 Å². The fourth-order valence-electron chi connectivity index (χ4n) is 4.06. The van der Waals surface area contributed by atoms with Crippen LogP contribution in [0.1, 0.15) is 55.9 Å². The van der Waals surface area contributed by atoms with Crippen molar-refractivity contribution in [2.45, 2.75) is 59.6 Å². The van der Waals surface area contributed by atoms with E-state index in [9.17, 15) is 14.7 Å². The van der Waals surface area contributed by atoms with Crippen LogP contribution in [-0.2, 0) is 21.7 Å². The van der Waals surface area contributed by atoms with Crippen molar-refractivity contribution < 1.29 is 19.4 Å². The minimum Gasteiger partial charge on any atom is -0.494 e. The lowest BCUT2D eigenvalue weighted by molar-refractivity contribution is -0.141. The van der Waals surface area contributed by atoms with Crippen LogP contribution in [0, 0.1) is 19.8 Å². The lowest BCUT2D eigenvalue weighted by atomic mass is 9.86. The van der Waals surface area contributed by atoms with Crippen LogP contribution in [0.4, 0.5) is 5.69 Å². The van der Waals surface area contributed by atoms with Gasteiger partial charge in [0.25, 0.3) is 5.91 Å². The summed E-state index contributed by atoms with van der Waals surface area (Å²) in [5.74, 6) is 0.725. The average Bonchev–Trinajstić information content (AvgIpc) is 2.88. The summed E-state index contributed by atoms with van der Waals surface area (Å²) in [7, 11) is 0. The van der Waals surface area contributed by atoms with Gasteiger partial charge in [-0.2, -0.15) is 0 Å². The van der Waals surface area contributed by atoms with E-state index in [4.69, 9.17) is 4.74 Å². The van der Waals surface area contributed by atoms with Crippen LogP contribution in [0.25, 0.3) is 0 Å². The van der Waals surface area contributed by atoms with Gasteiger partial charge in [-0.15, -0.1) is 0 Å². The molecular weight excluding hydrogens is 378 g/mol. The van der Waals surface area contributed by atoms with E-state index in [1.54, 1.807) is 4.90 Å². The molecule has 3 rings (SSSR count). The first kappa shape index (κ1) is 22.0. The molecule has 1 aliphatic rings. The number of fused-ring (bicyclic) bond motifs is 1. The lowest BCUT2D eigenvalue weighted by Gasteiger charge is -2.23. The largest absolute Gasteiger partial charge is 0.494 e. The van der Waals surface area contributed by atoms with Gasteiger partial charge in [0.1, 0.15) is 11.5 Å². The minimum atomic E-state index is -1.81. The van der Waals surface area contributed by atoms with Crippen LogP contribution in [0.5, 0.6) is 5.75 Å². The highest BCUT2D eigenvalue weighted by Crippen LogP contribution is 2.46. The second kappa shape index (κ2) is 8.60. The quantitative estimate of drug-likeness (QED) is 0.700. The summed E-state index contributed by atoms with van der Waals surface area (Å²) in [6.45, 7) is 10.5. The number of Topliss-reactive ketones (excluding diaryl/α,β-unsaturated/α-hetero) is 1. The Balaban J connectivity index is 1.87. The Bertz CT molecular complexity index is 948. The number of amides is 1. The topological polar surface area (TPSA) is 66.8 Å². The molecule has 0 spiro atoms. The number of hydrogen-bond donors (Lipinski definition) is 1. The molecule has 0 saturated heterocycles. The molecule has 5 heteroatoms. The van der Waals surface area contributed by atoms with Crippen LogP contribution in [0.15, 0.2) is 36.4 Å². The predicted molar refractivity (Wildman–Crippen MR) is 118 cm³/mol. The molecule has 1 amide bonds. The molecule has 0 saturated carbocycles. The number of anilines is 1. The van der Waals surface area contributed by atoms with Gasteiger partial charge in [-0.3, -0.25) is 9.59 Å². The fraction of sp³-hybridized carbons (Fsp3) is 0.440. The Kier molecular flexibility index (Phi) is 6.32. The van der Waals surface area contributed by atoms with Gasteiger partial charge in [0, 0.05) is 12.0 Å². The van der Waals surface area contributed by atoms with Gasteiger partial charge in [0.2, 0.25) is 0 Å². The zero-order valence-electron chi connectivity index (χ0n) is 18.5.